The second kappa shape index (κ2) is 8.77. The Bertz CT molecular complexity index is 1470. The number of carbonyl (C=O) groups is 1. The zero-order chi connectivity index (χ0) is 25.8. The van der Waals surface area contributed by atoms with Gasteiger partial charge in [-0.05, 0) is 30.0 Å². The zero-order valence-corrected chi connectivity index (χ0v) is 21.0. The van der Waals surface area contributed by atoms with E-state index < -0.39 is 37.2 Å². The summed E-state index contributed by atoms with van der Waals surface area (Å²) < 4.78 is 38.3. The minimum atomic E-state index is -3.93. The standard InChI is InChI=1S/C23H22ClN6O6P/c1-2-23-12-34-37(32,29-22(8-9-22)20(31)33-11-14-6-4-3-5-7-14)36-15(23)10-16(35-23)30-13-26-17-18(25)27-21(24)28-19(17)30/h1,3-7,13,15-16H,8-12H2,(H,29,32)(H2,25,27,28)/t15-,16+,23+,37?/m0/s1. The number of hydrogen-bond donors (Lipinski definition) is 2. The number of esters is 1. The summed E-state index contributed by atoms with van der Waals surface area (Å²) in [6.45, 7) is -0.112. The van der Waals surface area contributed by atoms with Crippen LogP contribution in [-0.4, -0.2) is 49.3 Å². The molecule has 1 aromatic carbocycles. The molecule has 4 heterocycles. The summed E-state index contributed by atoms with van der Waals surface area (Å²) in [5.74, 6) is 2.19. The molecule has 0 amide bonds. The lowest BCUT2D eigenvalue weighted by atomic mass is 9.99. The van der Waals surface area contributed by atoms with Crippen LogP contribution in [0.1, 0.15) is 31.1 Å². The highest BCUT2D eigenvalue weighted by Crippen LogP contribution is 2.59. The van der Waals surface area contributed by atoms with Gasteiger partial charge in [-0.2, -0.15) is 9.97 Å². The van der Waals surface area contributed by atoms with Crippen LogP contribution in [0.15, 0.2) is 36.7 Å². The van der Waals surface area contributed by atoms with E-state index in [0.29, 0.717) is 24.0 Å². The van der Waals surface area contributed by atoms with Crippen molar-refractivity contribution in [3.05, 3.63) is 47.5 Å². The Kier molecular flexibility index (Phi) is 5.76. The molecular weight excluding hydrogens is 523 g/mol. The van der Waals surface area contributed by atoms with Crippen molar-refractivity contribution in [2.45, 2.75) is 49.3 Å². The molecule has 0 spiro atoms. The Morgan fingerprint density at radius 3 is 2.86 bits per heavy atom. The summed E-state index contributed by atoms with van der Waals surface area (Å²) in [6, 6.07) is 9.29. The van der Waals surface area contributed by atoms with Crippen LogP contribution in [-0.2, 0) is 34.5 Å². The molecule has 37 heavy (non-hydrogen) atoms. The number of nitrogen functional groups attached to an aromatic ring is 1. The first-order valence-electron chi connectivity index (χ1n) is 11.5. The summed E-state index contributed by atoms with van der Waals surface area (Å²) in [5, 5.41) is 2.76. The number of halogens is 1. The van der Waals surface area contributed by atoms with E-state index in [0.717, 1.165) is 5.56 Å². The van der Waals surface area contributed by atoms with Gasteiger partial charge in [0.25, 0.3) is 0 Å². The number of ether oxygens (including phenoxy) is 2. The molecule has 2 aliphatic heterocycles. The molecule has 1 aliphatic carbocycles. The number of terminal acetylenes is 1. The van der Waals surface area contributed by atoms with E-state index in [1.54, 1.807) is 4.57 Å². The van der Waals surface area contributed by atoms with E-state index in [9.17, 15) is 9.36 Å². The average Bonchev–Trinajstić information content (AvgIpc) is 3.37. The number of rotatable bonds is 6. The SMILES string of the molecule is C#C[C@@]12COP(=O)(NC3(C(=O)OCc4ccccc4)CC3)O[C@H]1C[C@H](n1cnc3c(N)nc(Cl)nc31)O2. The molecular formula is C23H22ClN6O6P. The predicted molar refractivity (Wildman–Crippen MR) is 131 cm³/mol. The highest BCUT2D eigenvalue weighted by Gasteiger charge is 2.61. The maximum atomic E-state index is 13.6. The second-order valence-electron chi connectivity index (χ2n) is 9.16. The van der Waals surface area contributed by atoms with Crippen molar-refractivity contribution in [3.63, 3.8) is 0 Å². The maximum Gasteiger partial charge on any atom is 0.407 e. The van der Waals surface area contributed by atoms with Crippen LogP contribution in [0, 0.1) is 12.3 Å². The van der Waals surface area contributed by atoms with Crippen LogP contribution in [0.3, 0.4) is 0 Å². The third kappa shape index (κ3) is 4.28. The fourth-order valence-electron chi connectivity index (χ4n) is 4.50. The van der Waals surface area contributed by atoms with Crippen LogP contribution < -0.4 is 10.8 Å². The Labute approximate surface area is 216 Å². The number of nitrogens with one attached hydrogen (secondary N) is 1. The fourth-order valence-corrected chi connectivity index (χ4v) is 6.64. The number of fused-ring (bicyclic) bond motifs is 2. The smallest absolute Gasteiger partial charge is 0.407 e. The van der Waals surface area contributed by atoms with E-state index in [2.05, 4.69) is 26.0 Å². The molecule has 3 aromatic rings. The lowest BCUT2D eigenvalue weighted by Gasteiger charge is -2.38. The molecule has 3 aliphatic rings. The number of anilines is 1. The number of benzene rings is 1. The maximum absolute atomic E-state index is 13.6. The Morgan fingerprint density at radius 1 is 1.35 bits per heavy atom. The molecule has 12 nitrogen and oxygen atoms in total. The topological polar surface area (TPSA) is 153 Å². The van der Waals surface area contributed by atoms with Crippen LogP contribution in [0.25, 0.3) is 11.2 Å². The molecule has 3 N–H and O–H groups in total. The van der Waals surface area contributed by atoms with Crippen molar-refractivity contribution in [2.75, 3.05) is 12.3 Å². The van der Waals surface area contributed by atoms with Gasteiger partial charge in [-0.25, -0.2) is 14.6 Å². The summed E-state index contributed by atoms with van der Waals surface area (Å²) in [4.78, 5) is 25.2. The molecule has 192 valence electrons. The monoisotopic (exact) mass is 544 g/mol. The minimum absolute atomic E-state index is 0.0454. The van der Waals surface area contributed by atoms with Crippen LogP contribution in [0.4, 0.5) is 5.82 Å². The lowest BCUT2D eigenvalue weighted by molar-refractivity contribution is -0.148. The van der Waals surface area contributed by atoms with Gasteiger partial charge < -0.3 is 15.2 Å². The molecule has 1 saturated carbocycles. The third-order valence-corrected chi connectivity index (χ3v) is 8.55. The van der Waals surface area contributed by atoms with Gasteiger partial charge in [0, 0.05) is 6.42 Å². The number of nitrogens with two attached hydrogens (primary N) is 1. The minimum Gasteiger partial charge on any atom is -0.459 e. The largest absolute Gasteiger partial charge is 0.459 e. The van der Waals surface area contributed by atoms with Crippen molar-refractivity contribution in [1.29, 1.82) is 0 Å². The van der Waals surface area contributed by atoms with Crippen LogP contribution in [0.5, 0.6) is 0 Å². The van der Waals surface area contributed by atoms with Gasteiger partial charge in [0.05, 0.1) is 6.33 Å². The summed E-state index contributed by atoms with van der Waals surface area (Å²) in [7, 11) is -3.93. The molecule has 0 bridgehead atoms. The summed E-state index contributed by atoms with van der Waals surface area (Å²) in [6.07, 6.45) is 6.89. The predicted octanol–water partition coefficient (Wildman–Crippen LogP) is 2.74. The summed E-state index contributed by atoms with van der Waals surface area (Å²) in [5.41, 5.74) is 4.99. The normalized spacial score (nSPS) is 29.9. The van der Waals surface area contributed by atoms with Gasteiger partial charge in [0.2, 0.25) is 5.28 Å². The molecule has 1 unspecified atom stereocenters. The van der Waals surface area contributed by atoms with Crippen molar-refractivity contribution in [2.24, 2.45) is 0 Å². The van der Waals surface area contributed by atoms with E-state index in [1.165, 1.54) is 6.33 Å². The number of nitrogens with zero attached hydrogens (tertiary/aromatic N) is 4. The van der Waals surface area contributed by atoms with E-state index in [1.807, 2.05) is 30.3 Å². The first-order valence-corrected chi connectivity index (χ1v) is 13.4. The number of carbonyl (C=O) groups excluding carboxylic acids is 1. The number of aromatic nitrogens is 4. The van der Waals surface area contributed by atoms with Crippen molar-refractivity contribution >= 4 is 42.3 Å². The van der Waals surface area contributed by atoms with Gasteiger partial charge in [-0.1, -0.05) is 36.3 Å². The Morgan fingerprint density at radius 2 is 2.14 bits per heavy atom. The van der Waals surface area contributed by atoms with Crippen LogP contribution >= 0.6 is 19.3 Å². The van der Waals surface area contributed by atoms with Gasteiger partial charge in [0.1, 0.15) is 36.6 Å². The molecule has 0 radical (unpaired) electrons. The highest BCUT2D eigenvalue weighted by molar-refractivity contribution is 7.51. The van der Waals surface area contributed by atoms with Crippen LogP contribution in [0.2, 0.25) is 5.28 Å². The fraction of sp³-hybridized carbons (Fsp3) is 0.391. The van der Waals surface area contributed by atoms with E-state index in [-0.39, 0.29) is 30.7 Å². The number of hydrogen-bond acceptors (Lipinski definition) is 10. The number of imidazole rings is 1. The van der Waals surface area contributed by atoms with Gasteiger partial charge in [-0.3, -0.25) is 18.4 Å². The third-order valence-electron chi connectivity index (χ3n) is 6.68. The van der Waals surface area contributed by atoms with Crippen molar-refractivity contribution < 1.29 is 27.9 Å². The average molecular weight is 545 g/mol. The van der Waals surface area contributed by atoms with E-state index in [4.69, 9.17) is 42.3 Å². The second-order valence-corrected chi connectivity index (χ2v) is 11.2. The quantitative estimate of drug-likeness (QED) is 0.204. The lowest BCUT2D eigenvalue weighted by Crippen LogP contribution is -2.50. The first kappa shape index (κ1) is 24.3. The van der Waals surface area contributed by atoms with Crippen molar-refractivity contribution in [3.8, 4) is 12.3 Å². The Balaban J connectivity index is 1.18. The van der Waals surface area contributed by atoms with Crippen molar-refractivity contribution in [1.82, 2.24) is 24.6 Å². The highest BCUT2D eigenvalue weighted by atomic mass is 35.5. The molecule has 2 saturated heterocycles. The van der Waals surface area contributed by atoms with Gasteiger partial charge >= 0.3 is 13.7 Å². The molecule has 2 aromatic heterocycles. The molecule has 6 rings (SSSR count). The zero-order valence-electron chi connectivity index (χ0n) is 19.4. The first-order chi connectivity index (χ1) is 17.7. The molecule has 3 fully saturated rings. The van der Waals surface area contributed by atoms with E-state index >= 15 is 0 Å². The van der Waals surface area contributed by atoms with Gasteiger partial charge in [0.15, 0.2) is 17.1 Å². The molecule has 4 atom stereocenters. The summed E-state index contributed by atoms with van der Waals surface area (Å²) >= 11 is 5.98. The Hall–Kier alpha value is -3.04. The van der Waals surface area contributed by atoms with Gasteiger partial charge in [-0.15, -0.1) is 6.42 Å². The molecule has 14 heteroatoms.